The van der Waals surface area contributed by atoms with E-state index in [2.05, 4.69) is 5.32 Å². The normalized spacial score (nSPS) is 10.6. The molecule has 5 heteroatoms. The molecule has 2 aromatic heterocycles. The summed E-state index contributed by atoms with van der Waals surface area (Å²) >= 11 is 0. The Morgan fingerprint density at radius 1 is 1.04 bits per heavy atom. The number of anilines is 1. The fraction of sp³-hybridized carbons (Fsp3) is 0.158. The minimum atomic E-state index is -0.306. The van der Waals surface area contributed by atoms with Crippen molar-refractivity contribution in [2.24, 2.45) is 0 Å². The monoisotopic (exact) mass is 322 g/mol. The third-order valence-corrected chi connectivity index (χ3v) is 3.83. The maximum atomic E-state index is 12.4. The highest BCUT2D eigenvalue weighted by Gasteiger charge is 2.14. The minimum absolute atomic E-state index is 0.115. The van der Waals surface area contributed by atoms with Crippen molar-refractivity contribution in [2.75, 3.05) is 5.32 Å². The molecule has 0 spiro atoms. The Bertz CT molecular complexity index is 917. The van der Waals surface area contributed by atoms with Crippen LogP contribution in [0.4, 0.5) is 5.69 Å². The summed E-state index contributed by atoms with van der Waals surface area (Å²) in [5.74, 6) is 0.464. The molecule has 24 heavy (non-hydrogen) atoms. The average Bonchev–Trinajstić information content (AvgIpc) is 3.02. The molecule has 1 amide bonds. The van der Waals surface area contributed by atoms with Gasteiger partial charge in [-0.3, -0.25) is 9.59 Å². The number of carbonyl (C=O) groups excluding carboxylic acids is 1. The fourth-order valence-electron chi connectivity index (χ4n) is 2.53. The van der Waals surface area contributed by atoms with E-state index in [1.54, 1.807) is 30.5 Å². The maximum absolute atomic E-state index is 12.4. The van der Waals surface area contributed by atoms with E-state index >= 15 is 0 Å². The molecule has 3 rings (SSSR count). The number of nitrogens with zero attached hydrogens (tertiary/aromatic N) is 1. The van der Waals surface area contributed by atoms with Crippen molar-refractivity contribution < 1.29 is 9.21 Å². The number of aryl methyl sites for hydroxylation is 2. The van der Waals surface area contributed by atoms with Gasteiger partial charge in [0.15, 0.2) is 5.76 Å². The molecule has 5 nitrogen and oxygen atoms in total. The zero-order valence-electron chi connectivity index (χ0n) is 13.6. The number of aromatic nitrogens is 1. The quantitative estimate of drug-likeness (QED) is 0.801. The van der Waals surface area contributed by atoms with Gasteiger partial charge in [-0.05, 0) is 43.2 Å². The Hall–Kier alpha value is -3.08. The highest BCUT2D eigenvalue weighted by atomic mass is 16.4. The zero-order valence-corrected chi connectivity index (χ0v) is 13.6. The first-order chi connectivity index (χ1) is 11.5. The van der Waals surface area contributed by atoms with Gasteiger partial charge in [0.05, 0.1) is 6.54 Å². The Labute approximate surface area is 139 Å². The summed E-state index contributed by atoms with van der Waals surface area (Å²) in [6.07, 6.45) is 1.68. The lowest BCUT2D eigenvalue weighted by Crippen LogP contribution is -2.18. The third kappa shape index (κ3) is 3.30. The lowest BCUT2D eigenvalue weighted by Gasteiger charge is -2.10. The molecule has 0 aliphatic heterocycles. The van der Waals surface area contributed by atoms with Gasteiger partial charge >= 0.3 is 0 Å². The molecule has 0 atom stereocenters. The van der Waals surface area contributed by atoms with Crippen LogP contribution < -0.4 is 10.9 Å². The van der Waals surface area contributed by atoms with Crippen LogP contribution in [0.2, 0.25) is 0 Å². The third-order valence-electron chi connectivity index (χ3n) is 3.83. The molecular formula is C19H18N2O3. The topological polar surface area (TPSA) is 64.2 Å². The van der Waals surface area contributed by atoms with E-state index in [0.717, 1.165) is 16.8 Å². The Morgan fingerprint density at radius 2 is 1.79 bits per heavy atom. The van der Waals surface area contributed by atoms with Gasteiger partial charge in [0.1, 0.15) is 5.76 Å². The number of carbonyl (C=O) groups is 1. The number of amides is 1. The number of hydrogen-bond donors (Lipinski definition) is 1. The largest absolute Gasteiger partial charge is 0.454 e. The van der Waals surface area contributed by atoms with E-state index in [1.807, 2.05) is 32.0 Å². The van der Waals surface area contributed by atoms with Gasteiger partial charge in [-0.25, -0.2) is 0 Å². The fourth-order valence-corrected chi connectivity index (χ4v) is 2.53. The van der Waals surface area contributed by atoms with E-state index in [1.165, 1.54) is 10.6 Å². The summed E-state index contributed by atoms with van der Waals surface area (Å²) in [6, 6.07) is 14.1. The van der Waals surface area contributed by atoms with Crippen LogP contribution in [-0.2, 0) is 6.54 Å². The van der Waals surface area contributed by atoms with Crippen molar-refractivity contribution >= 4 is 11.6 Å². The van der Waals surface area contributed by atoms with Crippen LogP contribution in [0.5, 0.6) is 0 Å². The van der Waals surface area contributed by atoms with Crippen molar-refractivity contribution in [1.82, 2.24) is 4.57 Å². The van der Waals surface area contributed by atoms with Crippen LogP contribution in [0, 0.1) is 13.8 Å². The van der Waals surface area contributed by atoms with E-state index in [4.69, 9.17) is 4.42 Å². The van der Waals surface area contributed by atoms with E-state index in [0.29, 0.717) is 5.76 Å². The first-order valence-corrected chi connectivity index (χ1v) is 7.66. The molecule has 3 aromatic rings. The molecule has 0 aliphatic rings. The highest BCUT2D eigenvalue weighted by molar-refractivity contribution is 6.03. The number of nitrogens with one attached hydrogen (secondary N) is 1. The van der Waals surface area contributed by atoms with Crippen molar-refractivity contribution in [3.8, 4) is 0 Å². The Morgan fingerprint density at radius 3 is 2.50 bits per heavy atom. The van der Waals surface area contributed by atoms with Crippen LogP contribution >= 0.6 is 0 Å². The molecule has 0 aliphatic carbocycles. The van der Waals surface area contributed by atoms with Crippen LogP contribution in [0.25, 0.3) is 0 Å². The summed E-state index contributed by atoms with van der Waals surface area (Å²) in [5, 5.41) is 2.88. The summed E-state index contributed by atoms with van der Waals surface area (Å²) in [7, 11) is 0. The predicted molar refractivity (Wildman–Crippen MR) is 92.4 cm³/mol. The van der Waals surface area contributed by atoms with Crippen molar-refractivity contribution in [1.29, 1.82) is 0 Å². The Kier molecular flexibility index (Phi) is 4.33. The van der Waals surface area contributed by atoms with Crippen molar-refractivity contribution in [2.45, 2.75) is 20.4 Å². The van der Waals surface area contributed by atoms with Crippen LogP contribution in [-0.4, -0.2) is 10.5 Å². The number of benzene rings is 1. The zero-order chi connectivity index (χ0) is 17.1. The number of hydrogen-bond acceptors (Lipinski definition) is 3. The lowest BCUT2D eigenvalue weighted by atomic mass is 10.1. The van der Waals surface area contributed by atoms with Crippen molar-refractivity contribution in [3.63, 3.8) is 0 Å². The minimum Gasteiger partial charge on any atom is -0.454 e. The first-order valence-electron chi connectivity index (χ1n) is 7.66. The molecular weight excluding hydrogens is 304 g/mol. The van der Waals surface area contributed by atoms with Crippen LogP contribution in [0.15, 0.2) is 63.9 Å². The maximum Gasteiger partial charge on any atom is 0.291 e. The standard InChI is InChI=1S/C19H18N2O3/c1-13-6-5-7-14(2)18(13)20-19(23)16-10-9-15(24-16)12-21-11-4-3-8-17(21)22/h3-11H,12H2,1-2H3,(H,20,23). The molecule has 0 unspecified atom stereocenters. The van der Waals surface area contributed by atoms with Gasteiger partial charge in [-0.15, -0.1) is 0 Å². The lowest BCUT2D eigenvalue weighted by molar-refractivity contribution is 0.0994. The van der Waals surface area contributed by atoms with Crippen molar-refractivity contribution in [3.05, 3.63) is 87.7 Å². The van der Waals surface area contributed by atoms with Gasteiger partial charge in [0.25, 0.3) is 11.5 Å². The van der Waals surface area contributed by atoms with Gasteiger partial charge in [-0.1, -0.05) is 24.3 Å². The number of rotatable bonds is 4. The SMILES string of the molecule is Cc1cccc(C)c1NC(=O)c1ccc(Cn2ccccc2=O)o1. The summed E-state index contributed by atoms with van der Waals surface area (Å²) in [5.41, 5.74) is 2.66. The molecule has 0 bridgehead atoms. The number of furan rings is 1. The second-order valence-electron chi connectivity index (χ2n) is 5.65. The molecule has 2 heterocycles. The summed E-state index contributed by atoms with van der Waals surface area (Å²) < 4.78 is 7.10. The highest BCUT2D eigenvalue weighted by Crippen LogP contribution is 2.21. The summed E-state index contributed by atoms with van der Waals surface area (Å²) in [6.45, 7) is 4.17. The first kappa shape index (κ1) is 15.8. The number of pyridine rings is 1. The van der Waals surface area contributed by atoms with Crippen LogP contribution in [0.1, 0.15) is 27.4 Å². The molecule has 1 N–H and O–H groups in total. The van der Waals surface area contributed by atoms with Crippen LogP contribution in [0.3, 0.4) is 0 Å². The molecule has 1 aromatic carbocycles. The van der Waals surface area contributed by atoms with E-state index < -0.39 is 0 Å². The molecule has 122 valence electrons. The molecule has 0 saturated heterocycles. The van der Waals surface area contributed by atoms with Gasteiger partial charge in [0, 0.05) is 18.0 Å². The van der Waals surface area contributed by atoms with Gasteiger partial charge in [-0.2, -0.15) is 0 Å². The second kappa shape index (κ2) is 6.58. The van der Waals surface area contributed by atoms with Gasteiger partial charge < -0.3 is 14.3 Å². The molecule has 0 fully saturated rings. The Balaban J connectivity index is 1.77. The van der Waals surface area contributed by atoms with Gasteiger partial charge in [0.2, 0.25) is 0 Å². The second-order valence-corrected chi connectivity index (χ2v) is 5.65. The summed E-state index contributed by atoms with van der Waals surface area (Å²) in [4.78, 5) is 24.1. The van der Waals surface area contributed by atoms with E-state index in [9.17, 15) is 9.59 Å². The smallest absolute Gasteiger partial charge is 0.291 e. The molecule has 0 saturated carbocycles. The van der Waals surface area contributed by atoms with E-state index in [-0.39, 0.29) is 23.8 Å². The average molecular weight is 322 g/mol. The predicted octanol–water partition coefficient (Wildman–Crippen LogP) is 3.36. The number of para-hydroxylation sites is 1. The molecule has 0 radical (unpaired) electrons.